The van der Waals surface area contributed by atoms with E-state index in [0.717, 1.165) is 0 Å². The van der Waals surface area contributed by atoms with E-state index in [2.05, 4.69) is 170 Å². The normalized spacial score (nSPS) is 18.1. The van der Waals surface area contributed by atoms with Gasteiger partial charge in [0, 0.05) is 39.0 Å². The molecule has 7 aromatic rings. The summed E-state index contributed by atoms with van der Waals surface area (Å²) in [6, 6.07) is 53.7. The van der Waals surface area contributed by atoms with Gasteiger partial charge in [0.2, 0.25) is 0 Å². The van der Waals surface area contributed by atoms with Crippen molar-refractivity contribution < 1.29 is 5.01 Å². The molecule has 0 amide bonds. The van der Waals surface area contributed by atoms with Gasteiger partial charge in [0.1, 0.15) is 11.0 Å². The summed E-state index contributed by atoms with van der Waals surface area (Å²) in [5, 5.41) is 3.97. The van der Waals surface area contributed by atoms with Gasteiger partial charge in [-0.05, 0) is 52.1 Å². The van der Waals surface area contributed by atoms with Gasteiger partial charge in [-0.15, -0.1) is 0 Å². The molecule has 2 aliphatic rings. The summed E-state index contributed by atoms with van der Waals surface area (Å²) in [5.74, 6) is 0. The maximum atomic E-state index is 2.61. The van der Waals surface area contributed by atoms with Crippen molar-refractivity contribution in [1.29, 1.82) is 0 Å². The van der Waals surface area contributed by atoms with Crippen molar-refractivity contribution in [2.75, 3.05) is 0 Å². The average molecular weight is 566 g/mol. The van der Waals surface area contributed by atoms with Crippen molar-refractivity contribution in [1.82, 2.24) is 4.68 Å². The van der Waals surface area contributed by atoms with Gasteiger partial charge in [0.25, 0.3) is 0 Å². The lowest BCUT2D eigenvalue weighted by atomic mass is 9.82. The zero-order valence-corrected chi connectivity index (χ0v) is 25.0. The Morgan fingerprint density at radius 2 is 1.25 bits per heavy atom. The summed E-state index contributed by atoms with van der Waals surface area (Å²) in [5.41, 5.74) is 14.5. The lowest BCUT2D eigenvalue weighted by Gasteiger charge is -2.37. The molecule has 2 nitrogen and oxygen atoms in total. The summed E-state index contributed by atoms with van der Waals surface area (Å²) in [4.78, 5) is 0. The first kappa shape index (κ1) is 25.3. The summed E-state index contributed by atoms with van der Waals surface area (Å²) in [6.07, 6.45) is 2.47. The van der Waals surface area contributed by atoms with E-state index in [1.165, 1.54) is 77.0 Å². The summed E-state index contributed by atoms with van der Waals surface area (Å²) in [6.45, 7) is 4.75. The molecule has 1 aliphatic carbocycles. The molecule has 210 valence electrons. The van der Waals surface area contributed by atoms with Crippen LogP contribution in [0.25, 0.3) is 49.8 Å². The monoisotopic (exact) mass is 565 g/mol. The number of rotatable bonds is 4. The number of quaternary nitrogens is 1. The Bertz CT molecular complexity index is 2250. The molecule has 0 fully saturated rings. The molecule has 44 heavy (non-hydrogen) atoms. The molecule has 1 aliphatic heterocycles. The van der Waals surface area contributed by atoms with Crippen LogP contribution in [0.5, 0.6) is 0 Å². The quantitative estimate of drug-likeness (QED) is 0.218. The molecule has 2 heterocycles. The Balaban J connectivity index is 1.34. The molecule has 0 saturated heterocycles. The van der Waals surface area contributed by atoms with Crippen LogP contribution in [0.2, 0.25) is 0 Å². The fraction of sp³-hybridized carbons (Fsp3) is 0.0952. The second-order valence-corrected chi connectivity index (χ2v) is 12.7. The Labute approximate surface area is 258 Å². The van der Waals surface area contributed by atoms with Crippen LogP contribution in [0.1, 0.15) is 42.1 Å². The highest BCUT2D eigenvalue weighted by atomic mass is 15.6. The first-order valence-electron chi connectivity index (χ1n) is 15.6. The van der Waals surface area contributed by atoms with E-state index >= 15 is 0 Å². The van der Waals surface area contributed by atoms with Gasteiger partial charge < -0.3 is 0 Å². The molecule has 2 heteroatoms. The highest BCUT2D eigenvalue weighted by molar-refractivity contribution is 6.14. The molecule has 0 radical (unpaired) electrons. The minimum absolute atomic E-state index is 0.0623. The SMILES string of the molecule is CC1(C)c2ccccc2-c2c1ccc1c3ccccc3n([NH+]3C(c4ccccc4)=CC3c3cccc(-c4ccccc4)c3)c21. The van der Waals surface area contributed by atoms with Gasteiger partial charge in [0.05, 0.1) is 0 Å². The third-order valence-electron chi connectivity index (χ3n) is 9.96. The number of hydrogen-bond donors (Lipinski definition) is 1. The van der Waals surface area contributed by atoms with Crippen molar-refractivity contribution in [3.05, 3.63) is 174 Å². The van der Waals surface area contributed by atoms with Crippen LogP contribution < -0.4 is 5.01 Å². The van der Waals surface area contributed by atoms with E-state index in [1.54, 1.807) is 0 Å². The summed E-state index contributed by atoms with van der Waals surface area (Å²) in [7, 11) is 0. The third kappa shape index (κ3) is 3.52. The van der Waals surface area contributed by atoms with Crippen LogP contribution >= 0.6 is 0 Å². The van der Waals surface area contributed by atoms with Crippen LogP contribution in [0.4, 0.5) is 0 Å². The van der Waals surface area contributed by atoms with Crippen LogP contribution in [-0.2, 0) is 5.41 Å². The minimum Gasteiger partial charge on any atom is -0.186 e. The van der Waals surface area contributed by atoms with Crippen molar-refractivity contribution in [2.24, 2.45) is 0 Å². The van der Waals surface area contributed by atoms with Crippen molar-refractivity contribution in [3.8, 4) is 22.3 Å². The van der Waals surface area contributed by atoms with Gasteiger partial charge in [-0.3, -0.25) is 0 Å². The van der Waals surface area contributed by atoms with Gasteiger partial charge in [-0.25, -0.2) is 0 Å². The predicted molar refractivity (Wildman–Crippen MR) is 182 cm³/mol. The molecule has 9 rings (SSSR count). The number of fused-ring (bicyclic) bond motifs is 7. The average Bonchev–Trinajstić information content (AvgIpc) is 3.50. The fourth-order valence-electron chi connectivity index (χ4n) is 7.81. The zero-order chi connectivity index (χ0) is 29.4. The predicted octanol–water partition coefficient (Wildman–Crippen LogP) is 9.21. The Morgan fingerprint density at radius 1 is 0.568 bits per heavy atom. The lowest BCUT2D eigenvalue weighted by Crippen LogP contribution is -3.15. The molecular formula is C42H33N2+. The van der Waals surface area contributed by atoms with E-state index in [0.29, 0.717) is 0 Å². The zero-order valence-electron chi connectivity index (χ0n) is 25.0. The smallest absolute Gasteiger partial charge is 0.166 e. The minimum atomic E-state index is -0.0623. The number of benzene rings is 6. The van der Waals surface area contributed by atoms with E-state index in [9.17, 15) is 0 Å². The van der Waals surface area contributed by atoms with Gasteiger partial charge in [-0.1, -0.05) is 135 Å². The first-order chi connectivity index (χ1) is 21.6. The number of para-hydroxylation sites is 1. The fourth-order valence-corrected chi connectivity index (χ4v) is 7.81. The number of hydrogen-bond acceptors (Lipinski definition) is 0. The third-order valence-corrected chi connectivity index (χ3v) is 9.96. The largest absolute Gasteiger partial charge is 0.186 e. The molecular weight excluding hydrogens is 532 g/mol. The number of nitrogens with one attached hydrogen (secondary N) is 1. The summed E-state index contributed by atoms with van der Waals surface area (Å²) < 4.78 is 2.61. The van der Waals surface area contributed by atoms with E-state index in [4.69, 9.17) is 0 Å². The van der Waals surface area contributed by atoms with Gasteiger partial charge in [0.15, 0.2) is 11.7 Å². The van der Waals surface area contributed by atoms with Crippen molar-refractivity contribution in [3.63, 3.8) is 0 Å². The van der Waals surface area contributed by atoms with E-state index in [-0.39, 0.29) is 11.5 Å². The van der Waals surface area contributed by atoms with E-state index in [1.807, 2.05) is 0 Å². The first-order valence-corrected chi connectivity index (χ1v) is 15.6. The van der Waals surface area contributed by atoms with Crippen LogP contribution in [-0.4, -0.2) is 4.68 Å². The highest BCUT2D eigenvalue weighted by Crippen LogP contribution is 2.52. The van der Waals surface area contributed by atoms with Crippen molar-refractivity contribution >= 4 is 27.5 Å². The van der Waals surface area contributed by atoms with E-state index < -0.39 is 0 Å². The van der Waals surface area contributed by atoms with Gasteiger partial charge >= 0.3 is 0 Å². The molecule has 1 aromatic heterocycles. The Hall–Kier alpha value is -5.18. The molecule has 6 aromatic carbocycles. The number of nitrogens with zero attached hydrogens (tertiary/aromatic N) is 1. The molecule has 2 atom stereocenters. The molecule has 0 spiro atoms. The Morgan fingerprint density at radius 3 is 2.07 bits per heavy atom. The van der Waals surface area contributed by atoms with Crippen LogP contribution in [0.3, 0.4) is 0 Å². The lowest BCUT2D eigenvalue weighted by molar-refractivity contribution is -0.910. The molecule has 0 saturated carbocycles. The topological polar surface area (TPSA) is 9.37 Å². The van der Waals surface area contributed by atoms with Crippen LogP contribution in [0.15, 0.2) is 152 Å². The highest BCUT2D eigenvalue weighted by Gasteiger charge is 2.43. The maximum absolute atomic E-state index is 2.61. The molecule has 2 unspecified atom stereocenters. The molecule has 0 bridgehead atoms. The Kier molecular flexibility index (Phi) is 5.42. The maximum Gasteiger partial charge on any atom is 0.166 e. The standard InChI is InChI=1S/C42H32N2/c1-42(2)35-22-11-9-21-34(35)40-36(42)25-24-33-32-20-10-12-23-37(32)44(41(33)40)43-38(29-16-7-4-8-17-29)27-39(43)31-19-13-18-30(26-31)28-14-5-3-6-15-28/h3-27,39H,1-2H3/p+1. The number of aromatic nitrogens is 1. The van der Waals surface area contributed by atoms with Crippen molar-refractivity contribution in [2.45, 2.75) is 25.3 Å². The summed E-state index contributed by atoms with van der Waals surface area (Å²) >= 11 is 0. The van der Waals surface area contributed by atoms with Crippen LogP contribution in [0, 0.1) is 0 Å². The molecule has 1 N–H and O–H groups in total. The van der Waals surface area contributed by atoms with Gasteiger partial charge in [-0.2, -0.15) is 9.69 Å². The second-order valence-electron chi connectivity index (χ2n) is 12.7. The second kappa shape index (κ2) is 9.41.